The number of carbonyl (C=O) groups is 1. The van der Waals surface area contributed by atoms with E-state index >= 15 is 0 Å². The molecule has 19 heavy (non-hydrogen) atoms. The van der Waals surface area contributed by atoms with E-state index in [0.717, 1.165) is 18.4 Å². The van der Waals surface area contributed by atoms with Crippen molar-refractivity contribution < 1.29 is 14.6 Å². The van der Waals surface area contributed by atoms with Gasteiger partial charge in [0.15, 0.2) is 0 Å². The quantitative estimate of drug-likeness (QED) is 0.827. The lowest BCUT2D eigenvalue weighted by atomic mass is 10.1. The summed E-state index contributed by atoms with van der Waals surface area (Å²) < 4.78 is 5.48. The average Bonchev–Trinajstić information content (AvgIpc) is 2.42. The lowest BCUT2D eigenvalue weighted by Gasteiger charge is -2.33. The highest BCUT2D eigenvalue weighted by atomic mass is 16.5. The highest BCUT2D eigenvalue weighted by Gasteiger charge is 2.26. The van der Waals surface area contributed by atoms with Crippen molar-refractivity contribution in [1.29, 1.82) is 0 Å². The van der Waals surface area contributed by atoms with Crippen molar-refractivity contribution in [2.75, 3.05) is 19.7 Å². The molecule has 0 aromatic heterocycles. The van der Waals surface area contributed by atoms with Gasteiger partial charge in [-0.3, -0.25) is 4.79 Å². The van der Waals surface area contributed by atoms with Gasteiger partial charge in [0.05, 0.1) is 6.10 Å². The third-order valence-corrected chi connectivity index (χ3v) is 3.30. The first-order chi connectivity index (χ1) is 9.20. The molecule has 1 saturated heterocycles. The molecule has 1 fully saturated rings. The average molecular weight is 264 g/mol. The Balaban J connectivity index is 1.97. The number of nitrogens with zero attached hydrogens (tertiary/aromatic N) is 1. The van der Waals surface area contributed by atoms with Crippen molar-refractivity contribution in [3.05, 3.63) is 29.8 Å². The second-order valence-electron chi connectivity index (χ2n) is 4.77. The largest absolute Gasteiger partial charge is 0.508 e. The Morgan fingerprint density at radius 3 is 2.95 bits per heavy atom. The number of hydrogen-bond acceptors (Lipinski definition) is 4. The van der Waals surface area contributed by atoms with Gasteiger partial charge in [0, 0.05) is 18.7 Å². The third kappa shape index (κ3) is 3.68. The molecule has 1 aliphatic rings. The Bertz CT molecular complexity index is 436. The van der Waals surface area contributed by atoms with Gasteiger partial charge in [-0.1, -0.05) is 18.2 Å². The Labute approximate surface area is 113 Å². The molecule has 1 aliphatic heterocycles. The van der Waals surface area contributed by atoms with E-state index in [1.165, 1.54) is 0 Å². The number of phenols is 1. The van der Waals surface area contributed by atoms with Gasteiger partial charge in [-0.2, -0.15) is 0 Å². The number of benzene rings is 1. The van der Waals surface area contributed by atoms with Crippen LogP contribution in [0.4, 0.5) is 0 Å². The van der Waals surface area contributed by atoms with Gasteiger partial charge in [0.25, 0.3) is 0 Å². The Morgan fingerprint density at radius 2 is 2.21 bits per heavy atom. The Morgan fingerprint density at radius 1 is 1.42 bits per heavy atom. The number of aromatic hydroxyl groups is 1. The van der Waals surface area contributed by atoms with Crippen LogP contribution in [-0.2, 0) is 16.1 Å². The summed E-state index contributed by atoms with van der Waals surface area (Å²) in [5.41, 5.74) is 6.24. The molecule has 1 unspecified atom stereocenters. The van der Waals surface area contributed by atoms with E-state index < -0.39 is 0 Å². The van der Waals surface area contributed by atoms with Crippen LogP contribution in [0.15, 0.2) is 24.3 Å². The summed E-state index contributed by atoms with van der Waals surface area (Å²) in [6.45, 7) is 1.73. The molecule has 0 saturated carbocycles. The molecule has 3 N–H and O–H groups in total. The number of hydrogen-bond donors (Lipinski definition) is 2. The van der Waals surface area contributed by atoms with Gasteiger partial charge in [0.1, 0.15) is 12.4 Å². The maximum atomic E-state index is 11.8. The van der Waals surface area contributed by atoms with Crippen molar-refractivity contribution >= 4 is 5.91 Å². The minimum Gasteiger partial charge on any atom is -0.508 e. The lowest BCUT2D eigenvalue weighted by molar-refractivity contribution is -0.150. The normalized spacial score (nSPS) is 19.7. The summed E-state index contributed by atoms with van der Waals surface area (Å²) in [4.78, 5) is 13.6. The van der Waals surface area contributed by atoms with Crippen molar-refractivity contribution in [1.82, 2.24) is 4.90 Å². The standard InChI is InChI=1S/C14H20N2O3/c15-7-3-5-12-9-16(14(18)10-19-12)8-11-4-1-2-6-13(11)17/h1-2,4,6,12,17H,3,5,7-10,15H2. The molecule has 0 bridgehead atoms. The van der Waals surface area contributed by atoms with Gasteiger partial charge in [0.2, 0.25) is 5.91 Å². The van der Waals surface area contributed by atoms with Gasteiger partial charge in [-0.15, -0.1) is 0 Å². The van der Waals surface area contributed by atoms with E-state index in [0.29, 0.717) is 19.6 Å². The van der Waals surface area contributed by atoms with Crippen LogP contribution in [0.2, 0.25) is 0 Å². The molecule has 5 nitrogen and oxygen atoms in total. The first kappa shape index (κ1) is 13.8. The topological polar surface area (TPSA) is 75.8 Å². The molecule has 0 aliphatic carbocycles. The zero-order valence-corrected chi connectivity index (χ0v) is 10.9. The van der Waals surface area contributed by atoms with Crippen LogP contribution >= 0.6 is 0 Å². The fraction of sp³-hybridized carbons (Fsp3) is 0.500. The highest BCUT2D eigenvalue weighted by molar-refractivity contribution is 5.78. The van der Waals surface area contributed by atoms with E-state index in [2.05, 4.69) is 0 Å². The van der Waals surface area contributed by atoms with Crippen LogP contribution in [0.5, 0.6) is 5.75 Å². The number of carbonyl (C=O) groups excluding carboxylic acids is 1. The van der Waals surface area contributed by atoms with E-state index in [1.807, 2.05) is 12.1 Å². The molecule has 1 atom stereocenters. The summed E-state index contributed by atoms with van der Waals surface area (Å²) in [6.07, 6.45) is 1.80. The zero-order valence-electron chi connectivity index (χ0n) is 10.9. The summed E-state index contributed by atoms with van der Waals surface area (Å²) in [5, 5.41) is 9.75. The van der Waals surface area contributed by atoms with Crippen LogP contribution in [0.25, 0.3) is 0 Å². The first-order valence-electron chi connectivity index (χ1n) is 6.57. The minimum absolute atomic E-state index is 0.0350. The van der Waals surface area contributed by atoms with Gasteiger partial charge >= 0.3 is 0 Å². The summed E-state index contributed by atoms with van der Waals surface area (Å²) >= 11 is 0. The van der Waals surface area contributed by atoms with Crippen LogP contribution < -0.4 is 5.73 Å². The fourth-order valence-electron chi connectivity index (χ4n) is 2.20. The number of para-hydroxylation sites is 1. The molecule has 2 rings (SSSR count). The van der Waals surface area contributed by atoms with Crippen LogP contribution in [-0.4, -0.2) is 41.7 Å². The molecule has 5 heteroatoms. The maximum Gasteiger partial charge on any atom is 0.248 e. The minimum atomic E-state index is -0.0350. The van der Waals surface area contributed by atoms with E-state index in [4.69, 9.17) is 10.5 Å². The van der Waals surface area contributed by atoms with Gasteiger partial charge in [-0.05, 0) is 25.5 Å². The molecule has 1 aromatic carbocycles. The van der Waals surface area contributed by atoms with Crippen molar-refractivity contribution in [3.63, 3.8) is 0 Å². The molecule has 1 heterocycles. The second kappa shape index (κ2) is 6.54. The van der Waals surface area contributed by atoms with Crippen molar-refractivity contribution in [3.8, 4) is 5.75 Å². The molecule has 0 radical (unpaired) electrons. The molecule has 1 amide bonds. The van der Waals surface area contributed by atoms with E-state index in [9.17, 15) is 9.90 Å². The number of ether oxygens (including phenoxy) is 1. The number of nitrogens with two attached hydrogens (primary N) is 1. The molecular weight excluding hydrogens is 244 g/mol. The van der Waals surface area contributed by atoms with E-state index in [1.54, 1.807) is 17.0 Å². The smallest absolute Gasteiger partial charge is 0.248 e. The summed E-state index contributed by atoms with van der Waals surface area (Å²) in [6, 6.07) is 7.08. The van der Waals surface area contributed by atoms with Crippen molar-refractivity contribution in [2.45, 2.75) is 25.5 Å². The van der Waals surface area contributed by atoms with Gasteiger partial charge < -0.3 is 20.5 Å². The number of morpholine rings is 1. The molecular formula is C14H20N2O3. The number of amides is 1. The second-order valence-corrected chi connectivity index (χ2v) is 4.77. The third-order valence-electron chi connectivity index (χ3n) is 3.30. The Hall–Kier alpha value is -1.59. The first-order valence-corrected chi connectivity index (χ1v) is 6.57. The van der Waals surface area contributed by atoms with E-state index in [-0.39, 0.29) is 24.4 Å². The predicted molar refractivity (Wildman–Crippen MR) is 71.6 cm³/mol. The zero-order chi connectivity index (χ0) is 13.7. The molecule has 104 valence electrons. The van der Waals surface area contributed by atoms with Crippen molar-refractivity contribution in [2.24, 2.45) is 5.73 Å². The SMILES string of the molecule is NCCCC1CN(Cc2ccccc2O)C(=O)CO1. The molecule has 1 aromatic rings. The Kier molecular flexibility index (Phi) is 4.76. The highest BCUT2D eigenvalue weighted by Crippen LogP contribution is 2.20. The summed E-state index contributed by atoms with van der Waals surface area (Å²) in [5.74, 6) is 0.188. The van der Waals surface area contributed by atoms with Crippen LogP contribution in [0.1, 0.15) is 18.4 Å². The summed E-state index contributed by atoms with van der Waals surface area (Å²) in [7, 11) is 0. The van der Waals surface area contributed by atoms with Gasteiger partial charge in [-0.25, -0.2) is 0 Å². The van der Waals surface area contributed by atoms with Crippen LogP contribution in [0.3, 0.4) is 0 Å². The fourth-order valence-corrected chi connectivity index (χ4v) is 2.20. The number of rotatable bonds is 5. The molecule has 0 spiro atoms. The lowest BCUT2D eigenvalue weighted by Crippen LogP contribution is -2.46. The predicted octanol–water partition coefficient (Wildman–Crippen LogP) is 0.858. The monoisotopic (exact) mass is 264 g/mol. The maximum absolute atomic E-state index is 11.8. The number of phenolic OH excluding ortho intramolecular Hbond substituents is 1. The van der Waals surface area contributed by atoms with Crippen LogP contribution in [0, 0.1) is 0 Å².